The average Bonchev–Trinajstić information content (AvgIpc) is 3.40. The fourth-order valence-electron chi connectivity index (χ4n) is 9.91. The van der Waals surface area contributed by atoms with Crippen LogP contribution in [0.4, 0.5) is 0 Å². The topological polar surface area (TPSA) is 228 Å². The molecule has 0 bridgehead atoms. The number of nitrogens with one attached hydrogen (secondary N) is 1. The van der Waals surface area contributed by atoms with Crippen molar-refractivity contribution in [1.82, 2.24) is 5.32 Å². The van der Waals surface area contributed by atoms with Crippen molar-refractivity contribution in [3.05, 3.63) is 36.5 Å². The first kappa shape index (κ1) is 68.3. The number of carbonyl (C=O) groups excluding carboxylic acids is 1. The van der Waals surface area contributed by atoms with E-state index in [1.807, 2.05) is 6.08 Å². The van der Waals surface area contributed by atoms with E-state index >= 15 is 0 Å². The van der Waals surface area contributed by atoms with Crippen molar-refractivity contribution in [3.63, 3.8) is 0 Å². The van der Waals surface area contributed by atoms with Gasteiger partial charge in [-0.05, 0) is 44.9 Å². The fraction of sp³-hybridized carbons (Fsp3) is 0.883. The summed E-state index contributed by atoms with van der Waals surface area (Å²) in [6, 6.07) is -0.935. The van der Waals surface area contributed by atoms with Gasteiger partial charge in [0.2, 0.25) is 5.91 Å². The van der Waals surface area contributed by atoms with Gasteiger partial charge in [0.15, 0.2) is 12.6 Å². The van der Waals surface area contributed by atoms with E-state index in [4.69, 9.17) is 18.9 Å². The number of unbranched alkanes of at least 4 members (excludes halogenated alkanes) is 31. The van der Waals surface area contributed by atoms with Crippen LogP contribution in [0.15, 0.2) is 36.5 Å². The monoisotopic (exact) mass is 1050 g/mol. The summed E-state index contributed by atoms with van der Waals surface area (Å²) in [6.07, 6.45) is 39.1. The molecule has 12 atom stereocenters. The maximum Gasteiger partial charge on any atom is 0.220 e. The zero-order valence-electron chi connectivity index (χ0n) is 46.6. The molecular weight excluding hydrogens is 943 g/mol. The second-order valence-corrected chi connectivity index (χ2v) is 21.5. The van der Waals surface area contributed by atoms with Gasteiger partial charge in [0, 0.05) is 6.42 Å². The first-order valence-electron chi connectivity index (χ1n) is 30.2. The highest BCUT2D eigenvalue weighted by atomic mass is 16.7. The van der Waals surface area contributed by atoms with E-state index in [0.717, 1.165) is 44.9 Å². The Bertz CT molecular complexity index is 1380. The molecule has 2 saturated heterocycles. The van der Waals surface area contributed by atoms with Crippen LogP contribution in [-0.4, -0.2) is 140 Å². The fourth-order valence-corrected chi connectivity index (χ4v) is 9.91. The normalized spacial score (nSPS) is 25.4. The van der Waals surface area contributed by atoms with Crippen LogP contribution in [0.3, 0.4) is 0 Å². The number of hydrogen-bond acceptors (Lipinski definition) is 13. The number of hydrogen-bond donors (Lipinski definition) is 9. The van der Waals surface area contributed by atoms with Crippen molar-refractivity contribution >= 4 is 5.91 Å². The van der Waals surface area contributed by atoms with E-state index in [1.165, 1.54) is 167 Å². The predicted molar refractivity (Wildman–Crippen MR) is 295 cm³/mol. The van der Waals surface area contributed by atoms with Gasteiger partial charge in [-0.25, -0.2) is 0 Å². The van der Waals surface area contributed by atoms with E-state index in [1.54, 1.807) is 6.08 Å². The number of ether oxygens (including phenoxy) is 4. The van der Waals surface area contributed by atoms with Crippen molar-refractivity contribution in [2.24, 2.45) is 0 Å². The Kier molecular flexibility index (Phi) is 42.6. The molecule has 0 aromatic rings. The third kappa shape index (κ3) is 31.6. The summed E-state index contributed by atoms with van der Waals surface area (Å²) in [6.45, 7) is 2.78. The molecule has 0 aromatic carbocycles. The van der Waals surface area contributed by atoms with Crippen LogP contribution in [0, 0.1) is 0 Å². The first-order valence-corrected chi connectivity index (χ1v) is 30.2. The van der Waals surface area contributed by atoms with Crippen LogP contribution in [-0.2, 0) is 23.7 Å². The highest BCUT2D eigenvalue weighted by Crippen LogP contribution is 2.30. The Hall–Kier alpha value is -1.79. The molecular formula is C60H111NO13. The Morgan fingerprint density at radius 2 is 0.865 bits per heavy atom. The van der Waals surface area contributed by atoms with E-state index in [-0.39, 0.29) is 18.9 Å². The molecule has 2 heterocycles. The number of rotatable bonds is 48. The molecule has 14 heteroatoms. The van der Waals surface area contributed by atoms with Crippen molar-refractivity contribution in [2.45, 2.75) is 319 Å². The second kappa shape index (κ2) is 46.2. The predicted octanol–water partition coefficient (Wildman–Crippen LogP) is 10.2. The van der Waals surface area contributed by atoms with Gasteiger partial charge in [-0.15, -0.1) is 0 Å². The number of amides is 1. The zero-order valence-corrected chi connectivity index (χ0v) is 46.6. The number of aliphatic hydroxyl groups is 8. The van der Waals surface area contributed by atoms with Gasteiger partial charge in [-0.2, -0.15) is 0 Å². The molecule has 434 valence electrons. The van der Waals surface area contributed by atoms with Gasteiger partial charge in [0.05, 0.1) is 32.0 Å². The number of allylic oxidation sites excluding steroid dienone is 5. The van der Waals surface area contributed by atoms with Crippen LogP contribution >= 0.6 is 0 Å². The average molecular weight is 1050 g/mol. The van der Waals surface area contributed by atoms with E-state index < -0.39 is 86.8 Å². The lowest BCUT2D eigenvalue weighted by Crippen LogP contribution is -2.65. The third-order valence-electron chi connectivity index (χ3n) is 14.8. The minimum atomic E-state index is -1.79. The first-order chi connectivity index (χ1) is 36.1. The number of carbonyl (C=O) groups is 1. The summed E-state index contributed by atoms with van der Waals surface area (Å²) < 4.78 is 22.7. The Morgan fingerprint density at radius 1 is 0.473 bits per heavy atom. The van der Waals surface area contributed by atoms with E-state index in [0.29, 0.717) is 12.8 Å². The molecule has 74 heavy (non-hydrogen) atoms. The maximum atomic E-state index is 13.3. The van der Waals surface area contributed by atoms with Gasteiger partial charge < -0.3 is 65.1 Å². The quantitative estimate of drug-likeness (QED) is 0.0204. The van der Waals surface area contributed by atoms with Crippen molar-refractivity contribution in [3.8, 4) is 0 Å². The Morgan fingerprint density at radius 3 is 1.32 bits per heavy atom. The van der Waals surface area contributed by atoms with Gasteiger partial charge >= 0.3 is 0 Å². The smallest absolute Gasteiger partial charge is 0.220 e. The van der Waals surface area contributed by atoms with Crippen molar-refractivity contribution in [2.75, 3.05) is 19.8 Å². The molecule has 0 radical (unpaired) electrons. The molecule has 2 aliphatic heterocycles. The molecule has 0 saturated carbocycles. The summed E-state index contributed by atoms with van der Waals surface area (Å²) in [5.74, 6) is -0.250. The lowest BCUT2D eigenvalue weighted by molar-refractivity contribution is -0.359. The SMILES string of the molecule is CCCCCCCC/C=C/CC/C=C/CC/C=C/C(O)C(COC1OC(CO)C(OC2OC(CO)C(O)C(O)C2O)C(O)C1O)NC(=O)CCCCCCCCCCCCCCCCCCCCCCCCCC. The van der Waals surface area contributed by atoms with Crippen LogP contribution in [0.1, 0.15) is 245 Å². The largest absolute Gasteiger partial charge is 0.394 e. The minimum Gasteiger partial charge on any atom is -0.394 e. The molecule has 2 rings (SSSR count). The van der Waals surface area contributed by atoms with Crippen LogP contribution < -0.4 is 5.32 Å². The van der Waals surface area contributed by atoms with E-state index in [9.17, 15) is 45.6 Å². The van der Waals surface area contributed by atoms with Crippen molar-refractivity contribution in [1.29, 1.82) is 0 Å². The molecule has 14 nitrogen and oxygen atoms in total. The molecule has 12 unspecified atom stereocenters. The van der Waals surface area contributed by atoms with Gasteiger partial charge in [0.1, 0.15) is 48.8 Å². The second-order valence-electron chi connectivity index (χ2n) is 21.5. The number of aliphatic hydroxyl groups excluding tert-OH is 8. The molecule has 2 fully saturated rings. The molecule has 2 aliphatic rings. The highest BCUT2D eigenvalue weighted by Gasteiger charge is 2.51. The lowest BCUT2D eigenvalue weighted by atomic mass is 9.97. The summed E-state index contributed by atoms with van der Waals surface area (Å²) in [4.78, 5) is 13.3. The molecule has 1 amide bonds. The summed E-state index contributed by atoms with van der Waals surface area (Å²) in [5.41, 5.74) is 0. The molecule has 0 spiro atoms. The summed E-state index contributed by atoms with van der Waals surface area (Å²) >= 11 is 0. The van der Waals surface area contributed by atoms with Crippen LogP contribution in [0.25, 0.3) is 0 Å². The maximum absolute atomic E-state index is 13.3. The van der Waals surface area contributed by atoms with Gasteiger partial charge in [0.25, 0.3) is 0 Å². The molecule has 9 N–H and O–H groups in total. The third-order valence-corrected chi connectivity index (χ3v) is 14.8. The standard InChI is InChI=1S/C60H111NO13/c1-3-5-7-9-11-13-15-17-19-21-22-23-24-25-26-27-28-30-32-34-36-38-40-42-44-52(65)61-48(49(64)43-41-39-37-35-33-31-29-20-18-16-14-12-10-8-6-4-2)47-71-59-57(70)55(68)58(51(46-63)73-59)74-60-56(69)54(67)53(66)50(45-62)72-60/h18,20,33,35,41,43,48-51,53-60,62-64,66-70H,3-17,19,21-32,34,36-40,42,44-47H2,1-2H3,(H,61,65)/b20-18+,35-33+,43-41+. The van der Waals surface area contributed by atoms with Crippen LogP contribution in [0.5, 0.6) is 0 Å². The highest BCUT2D eigenvalue weighted by molar-refractivity contribution is 5.76. The van der Waals surface area contributed by atoms with Crippen LogP contribution in [0.2, 0.25) is 0 Å². The minimum absolute atomic E-state index is 0.250. The van der Waals surface area contributed by atoms with Crippen molar-refractivity contribution < 1.29 is 64.6 Å². The molecule has 0 aliphatic carbocycles. The Labute approximate surface area is 449 Å². The summed E-state index contributed by atoms with van der Waals surface area (Å²) in [5, 5.41) is 87.0. The van der Waals surface area contributed by atoms with E-state index in [2.05, 4.69) is 43.5 Å². The zero-order chi connectivity index (χ0) is 53.9. The Balaban J connectivity index is 1.75. The van der Waals surface area contributed by atoms with Gasteiger partial charge in [-0.1, -0.05) is 230 Å². The lowest BCUT2D eigenvalue weighted by Gasteiger charge is -2.46. The van der Waals surface area contributed by atoms with Gasteiger partial charge in [-0.3, -0.25) is 4.79 Å². The summed E-state index contributed by atoms with van der Waals surface area (Å²) in [7, 11) is 0. The molecule has 0 aromatic heterocycles.